The number of hydrogen-bond acceptors (Lipinski definition) is 1. The van der Waals surface area contributed by atoms with Gasteiger partial charge >= 0.3 is 0 Å². The summed E-state index contributed by atoms with van der Waals surface area (Å²) in [5.41, 5.74) is 1.56. The average Bonchev–Trinajstić information content (AvgIpc) is 2.65. The zero-order valence-corrected chi connectivity index (χ0v) is 10.1. The van der Waals surface area contributed by atoms with Crippen LogP contribution in [0.3, 0.4) is 0 Å². The van der Waals surface area contributed by atoms with Crippen LogP contribution in [-0.2, 0) is 0 Å². The molecule has 2 rings (SSSR count). The summed E-state index contributed by atoms with van der Waals surface area (Å²) in [6, 6.07) is 9.78. The standard InChI is InChI=1S/C16H17N/c17-13-16-10-6-5-9-15(16)12-11-14-7-3-1-2-4-8-14/h5-6,9-10,14H,1-4,7-8H2. The molecule has 1 aliphatic carbocycles. The highest BCUT2D eigenvalue weighted by atomic mass is 14.2. The molecule has 1 saturated carbocycles. The van der Waals surface area contributed by atoms with E-state index in [1.54, 1.807) is 0 Å². The third-order valence-electron chi connectivity index (χ3n) is 3.31. The highest BCUT2D eigenvalue weighted by Gasteiger charge is 2.09. The van der Waals surface area contributed by atoms with Crippen LogP contribution in [0, 0.1) is 29.1 Å². The molecule has 0 N–H and O–H groups in total. The largest absolute Gasteiger partial charge is 0.192 e. The first-order valence-electron chi connectivity index (χ1n) is 6.41. The van der Waals surface area contributed by atoms with Gasteiger partial charge in [-0.1, -0.05) is 49.7 Å². The van der Waals surface area contributed by atoms with Gasteiger partial charge in [0.25, 0.3) is 0 Å². The zero-order chi connectivity index (χ0) is 11.9. The van der Waals surface area contributed by atoms with E-state index in [1.165, 1.54) is 38.5 Å². The number of hydrogen-bond donors (Lipinski definition) is 0. The van der Waals surface area contributed by atoms with Crippen molar-refractivity contribution in [1.82, 2.24) is 0 Å². The number of nitrogens with zero attached hydrogens (tertiary/aromatic N) is 1. The van der Waals surface area contributed by atoms with Crippen molar-refractivity contribution in [2.75, 3.05) is 0 Å². The summed E-state index contributed by atoms with van der Waals surface area (Å²) < 4.78 is 0. The first-order valence-corrected chi connectivity index (χ1v) is 6.41. The molecule has 0 unspecified atom stereocenters. The van der Waals surface area contributed by atoms with Gasteiger partial charge in [0.15, 0.2) is 0 Å². The molecule has 1 heteroatoms. The molecule has 0 bridgehead atoms. The van der Waals surface area contributed by atoms with E-state index in [1.807, 2.05) is 24.3 Å². The monoisotopic (exact) mass is 223 g/mol. The Morgan fingerprint density at radius 2 is 1.59 bits per heavy atom. The van der Waals surface area contributed by atoms with Crippen molar-refractivity contribution < 1.29 is 0 Å². The molecule has 1 aliphatic rings. The van der Waals surface area contributed by atoms with Crippen LogP contribution < -0.4 is 0 Å². The minimum Gasteiger partial charge on any atom is -0.192 e. The topological polar surface area (TPSA) is 23.8 Å². The van der Waals surface area contributed by atoms with E-state index in [9.17, 15) is 0 Å². The van der Waals surface area contributed by atoms with Gasteiger partial charge in [-0.15, -0.1) is 0 Å². The van der Waals surface area contributed by atoms with Crippen molar-refractivity contribution in [3.8, 4) is 17.9 Å². The van der Waals surface area contributed by atoms with Gasteiger partial charge < -0.3 is 0 Å². The molecule has 0 amide bonds. The predicted molar refractivity (Wildman–Crippen MR) is 69.2 cm³/mol. The molecule has 86 valence electrons. The van der Waals surface area contributed by atoms with Crippen molar-refractivity contribution in [2.24, 2.45) is 5.92 Å². The summed E-state index contributed by atoms with van der Waals surface area (Å²) >= 11 is 0. The molecule has 0 aromatic heterocycles. The summed E-state index contributed by atoms with van der Waals surface area (Å²) in [5, 5.41) is 8.98. The molecule has 0 atom stereocenters. The average molecular weight is 223 g/mol. The maximum atomic E-state index is 8.98. The van der Waals surface area contributed by atoms with Crippen LogP contribution in [0.1, 0.15) is 49.7 Å². The van der Waals surface area contributed by atoms with Crippen molar-refractivity contribution in [2.45, 2.75) is 38.5 Å². The molecule has 0 heterocycles. The summed E-state index contributed by atoms with van der Waals surface area (Å²) in [5.74, 6) is 7.07. The molecule has 0 aliphatic heterocycles. The van der Waals surface area contributed by atoms with E-state index in [4.69, 9.17) is 5.26 Å². The molecular formula is C16H17N. The first kappa shape index (κ1) is 11.7. The fourth-order valence-corrected chi connectivity index (χ4v) is 2.29. The van der Waals surface area contributed by atoms with Crippen LogP contribution >= 0.6 is 0 Å². The minimum atomic E-state index is 0.532. The van der Waals surface area contributed by atoms with E-state index in [0.717, 1.165) is 5.56 Å². The van der Waals surface area contributed by atoms with E-state index < -0.39 is 0 Å². The highest BCUT2D eigenvalue weighted by Crippen LogP contribution is 2.22. The SMILES string of the molecule is N#Cc1ccccc1C#CC1CCCCCC1. The lowest BCUT2D eigenvalue weighted by atomic mass is 10.00. The second kappa shape index (κ2) is 6.12. The molecule has 0 radical (unpaired) electrons. The van der Waals surface area contributed by atoms with Gasteiger partial charge in [-0.05, 0) is 25.0 Å². The Balaban J connectivity index is 2.12. The van der Waals surface area contributed by atoms with Crippen molar-refractivity contribution in [1.29, 1.82) is 5.26 Å². The molecule has 1 nitrogen and oxygen atoms in total. The van der Waals surface area contributed by atoms with Gasteiger partial charge in [0.1, 0.15) is 6.07 Å². The molecule has 0 spiro atoms. The van der Waals surface area contributed by atoms with E-state index in [-0.39, 0.29) is 0 Å². The van der Waals surface area contributed by atoms with Gasteiger partial charge in [0.2, 0.25) is 0 Å². The van der Waals surface area contributed by atoms with Crippen LogP contribution in [0.2, 0.25) is 0 Å². The van der Waals surface area contributed by atoms with Gasteiger partial charge in [0, 0.05) is 11.5 Å². The summed E-state index contributed by atoms with van der Waals surface area (Å²) in [6.45, 7) is 0. The number of rotatable bonds is 0. The van der Waals surface area contributed by atoms with Crippen molar-refractivity contribution in [3.63, 3.8) is 0 Å². The summed E-state index contributed by atoms with van der Waals surface area (Å²) in [4.78, 5) is 0. The van der Waals surface area contributed by atoms with E-state index in [2.05, 4.69) is 17.9 Å². The Bertz CT molecular complexity index is 462. The fraction of sp³-hybridized carbons (Fsp3) is 0.438. The first-order chi connectivity index (χ1) is 8.40. The maximum Gasteiger partial charge on any atom is 0.100 e. The third-order valence-corrected chi connectivity index (χ3v) is 3.31. The van der Waals surface area contributed by atoms with Crippen LogP contribution in [0.4, 0.5) is 0 Å². The Labute approximate surface area is 103 Å². The minimum absolute atomic E-state index is 0.532. The van der Waals surface area contributed by atoms with Crippen LogP contribution in [0.15, 0.2) is 24.3 Å². The molecule has 1 aromatic rings. The lowest BCUT2D eigenvalue weighted by Crippen LogP contribution is -1.94. The Hall–Kier alpha value is -1.73. The molecular weight excluding hydrogens is 206 g/mol. The van der Waals surface area contributed by atoms with Crippen molar-refractivity contribution >= 4 is 0 Å². The van der Waals surface area contributed by atoms with Gasteiger partial charge in [-0.3, -0.25) is 0 Å². The van der Waals surface area contributed by atoms with E-state index >= 15 is 0 Å². The van der Waals surface area contributed by atoms with Gasteiger partial charge in [-0.25, -0.2) is 0 Å². The summed E-state index contributed by atoms with van der Waals surface area (Å²) in [6.07, 6.45) is 7.77. The summed E-state index contributed by atoms with van der Waals surface area (Å²) in [7, 11) is 0. The van der Waals surface area contributed by atoms with E-state index in [0.29, 0.717) is 11.5 Å². The molecule has 1 aromatic carbocycles. The maximum absolute atomic E-state index is 8.98. The molecule has 1 fully saturated rings. The van der Waals surface area contributed by atoms with Crippen LogP contribution in [-0.4, -0.2) is 0 Å². The lowest BCUT2D eigenvalue weighted by Gasteiger charge is -2.04. The quantitative estimate of drug-likeness (QED) is 0.483. The highest BCUT2D eigenvalue weighted by molar-refractivity contribution is 5.47. The second-order valence-electron chi connectivity index (χ2n) is 4.62. The Kier molecular flexibility index (Phi) is 4.23. The molecule has 0 saturated heterocycles. The van der Waals surface area contributed by atoms with Crippen molar-refractivity contribution in [3.05, 3.63) is 35.4 Å². The third kappa shape index (κ3) is 3.36. The predicted octanol–water partition coefficient (Wildman–Crippen LogP) is 3.88. The van der Waals surface area contributed by atoms with Crippen LogP contribution in [0.5, 0.6) is 0 Å². The smallest absolute Gasteiger partial charge is 0.100 e. The molecule has 17 heavy (non-hydrogen) atoms. The lowest BCUT2D eigenvalue weighted by molar-refractivity contribution is 0.577. The van der Waals surface area contributed by atoms with Gasteiger partial charge in [-0.2, -0.15) is 5.26 Å². The number of benzene rings is 1. The second-order valence-corrected chi connectivity index (χ2v) is 4.62. The Morgan fingerprint density at radius 1 is 0.941 bits per heavy atom. The Morgan fingerprint density at radius 3 is 2.24 bits per heavy atom. The number of nitriles is 1. The zero-order valence-electron chi connectivity index (χ0n) is 10.1. The van der Waals surface area contributed by atoms with Gasteiger partial charge in [0.05, 0.1) is 5.56 Å². The van der Waals surface area contributed by atoms with Crippen LogP contribution in [0.25, 0.3) is 0 Å². The normalized spacial score (nSPS) is 16.4. The fourth-order valence-electron chi connectivity index (χ4n) is 2.29.